The lowest BCUT2D eigenvalue weighted by Gasteiger charge is -2.23. The van der Waals surface area contributed by atoms with Crippen molar-refractivity contribution in [3.05, 3.63) is 59.9 Å². The molecule has 0 spiro atoms. The number of hydrogen-bond acceptors (Lipinski definition) is 4. The Morgan fingerprint density at radius 3 is 2.15 bits per heavy atom. The maximum Gasteiger partial charge on any atom is 0.251 e. The van der Waals surface area contributed by atoms with Crippen LogP contribution >= 0.6 is 0 Å². The van der Waals surface area contributed by atoms with Crippen molar-refractivity contribution in [2.45, 2.75) is 6.92 Å². The van der Waals surface area contributed by atoms with Gasteiger partial charge in [0, 0.05) is 24.7 Å². The zero-order valence-electron chi connectivity index (χ0n) is 14.9. The highest BCUT2D eigenvalue weighted by atomic mass is 32.2. The van der Waals surface area contributed by atoms with Gasteiger partial charge in [0.1, 0.15) is 5.82 Å². The smallest absolute Gasteiger partial charge is 0.251 e. The van der Waals surface area contributed by atoms with Gasteiger partial charge in [0.15, 0.2) is 0 Å². The summed E-state index contributed by atoms with van der Waals surface area (Å²) in [6.45, 7) is 1.46. The maximum atomic E-state index is 12.9. The molecule has 0 aromatic heterocycles. The number of amides is 2. The number of carbonyl (C=O) groups is 2. The molecule has 0 atom stereocenters. The predicted molar refractivity (Wildman–Crippen MR) is 102 cm³/mol. The molecule has 0 heterocycles. The number of nitrogens with zero attached hydrogens (tertiary/aromatic N) is 1. The minimum absolute atomic E-state index is 0.0191. The molecule has 2 rings (SSSR count). The number of sulfonamides is 1. The first-order valence-electron chi connectivity index (χ1n) is 8.06. The highest BCUT2D eigenvalue weighted by Crippen LogP contribution is 2.20. The zero-order chi connectivity index (χ0) is 20.0. The molecule has 2 aromatic rings. The lowest BCUT2D eigenvalue weighted by atomic mass is 10.2. The van der Waals surface area contributed by atoms with E-state index in [9.17, 15) is 22.4 Å². The summed E-state index contributed by atoms with van der Waals surface area (Å²) in [5.74, 6) is -1.10. The quantitative estimate of drug-likeness (QED) is 0.752. The Balaban J connectivity index is 2.04. The first-order valence-corrected chi connectivity index (χ1v) is 9.91. The maximum absolute atomic E-state index is 12.9. The summed E-state index contributed by atoms with van der Waals surface area (Å²) in [4.78, 5) is 23.1. The molecule has 0 saturated carbocycles. The molecule has 2 N–H and O–H groups in total. The van der Waals surface area contributed by atoms with Crippen LogP contribution in [0.4, 0.5) is 15.8 Å². The average molecular weight is 393 g/mol. The van der Waals surface area contributed by atoms with Crippen LogP contribution < -0.4 is 14.9 Å². The summed E-state index contributed by atoms with van der Waals surface area (Å²) in [6, 6.07) is 11.3. The van der Waals surface area contributed by atoms with Crippen molar-refractivity contribution in [1.29, 1.82) is 0 Å². The molecule has 144 valence electrons. The van der Waals surface area contributed by atoms with Gasteiger partial charge in [0.05, 0.1) is 18.5 Å². The summed E-state index contributed by atoms with van der Waals surface area (Å²) in [5.41, 5.74) is 1.23. The normalized spacial score (nSPS) is 10.9. The van der Waals surface area contributed by atoms with Crippen molar-refractivity contribution < 1.29 is 22.4 Å². The zero-order valence-corrected chi connectivity index (χ0v) is 15.7. The number of hydrogen-bond donors (Lipinski definition) is 2. The van der Waals surface area contributed by atoms with Gasteiger partial charge in [0.25, 0.3) is 5.91 Å². The van der Waals surface area contributed by atoms with Crippen LogP contribution in [-0.4, -0.2) is 39.6 Å². The van der Waals surface area contributed by atoms with Gasteiger partial charge in [-0.25, -0.2) is 12.8 Å². The number of nitrogens with one attached hydrogen (secondary N) is 2. The molecule has 0 bridgehead atoms. The van der Waals surface area contributed by atoms with Crippen LogP contribution in [0.25, 0.3) is 0 Å². The highest BCUT2D eigenvalue weighted by Gasteiger charge is 2.17. The van der Waals surface area contributed by atoms with E-state index in [0.717, 1.165) is 10.6 Å². The Bertz CT molecular complexity index is 913. The van der Waals surface area contributed by atoms with Crippen LogP contribution in [0.15, 0.2) is 48.5 Å². The second kappa shape index (κ2) is 8.63. The summed E-state index contributed by atoms with van der Waals surface area (Å²) in [5, 5.41) is 5.20. The van der Waals surface area contributed by atoms with E-state index in [-0.39, 0.29) is 24.6 Å². The molecule has 2 amide bonds. The van der Waals surface area contributed by atoms with Crippen molar-refractivity contribution in [2.75, 3.05) is 29.0 Å². The Labute approximate surface area is 157 Å². The van der Waals surface area contributed by atoms with E-state index >= 15 is 0 Å². The van der Waals surface area contributed by atoms with Gasteiger partial charge in [-0.3, -0.25) is 13.9 Å². The van der Waals surface area contributed by atoms with Crippen LogP contribution in [0.2, 0.25) is 0 Å². The third kappa shape index (κ3) is 6.07. The van der Waals surface area contributed by atoms with E-state index in [1.165, 1.54) is 31.2 Å². The first-order chi connectivity index (χ1) is 12.7. The highest BCUT2D eigenvalue weighted by molar-refractivity contribution is 7.92. The predicted octanol–water partition coefficient (Wildman–Crippen LogP) is 1.98. The van der Waals surface area contributed by atoms with Crippen molar-refractivity contribution in [3.63, 3.8) is 0 Å². The molecular weight excluding hydrogens is 373 g/mol. The lowest BCUT2D eigenvalue weighted by molar-refractivity contribution is -0.114. The fourth-order valence-corrected chi connectivity index (χ4v) is 3.30. The van der Waals surface area contributed by atoms with Crippen LogP contribution in [0.5, 0.6) is 0 Å². The lowest BCUT2D eigenvalue weighted by Crippen LogP contribution is -2.38. The summed E-state index contributed by atoms with van der Waals surface area (Å²) >= 11 is 0. The Morgan fingerprint density at radius 1 is 1.04 bits per heavy atom. The van der Waals surface area contributed by atoms with Crippen molar-refractivity contribution in [3.8, 4) is 0 Å². The van der Waals surface area contributed by atoms with Crippen LogP contribution in [0.3, 0.4) is 0 Å². The van der Waals surface area contributed by atoms with Crippen LogP contribution in [-0.2, 0) is 14.8 Å². The van der Waals surface area contributed by atoms with E-state index in [1.807, 2.05) is 0 Å². The third-order valence-corrected chi connectivity index (χ3v) is 4.78. The average Bonchev–Trinajstić information content (AvgIpc) is 2.58. The Kier molecular flexibility index (Phi) is 6.51. The second-order valence-corrected chi connectivity index (χ2v) is 7.73. The summed E-state index contributed by atoms with van der Waals surface area (Å²) in [6.07, 6.45) is 1.07. The fraction of sp³-hybridized carbons (Fsp3) is 0.222. The Hall–Kier alpha value is -2.94. The summed E-state index contributed by atoms with van der Waals surface area (Å²) < 4.78 is 38.2. The largest absolute Gasteiger partial charge is 0.350 e. The van der Waals surface area contributed by atoms with E-state index in [1.54, 1.807) is 24.3 Å². The molecule has 0 saturated heterocycles. The minimum Gasteiger partial charge on any atom is -0.350 e. The second-order valence-electron chi connectivity index (χ2n) is 5.83. The van der Waals surface area contributed by atoms with Gasteiger partial charge in [-0.1, -0.05) is 0 Å². The molecular formula is C18H20FN3O4S. The van der Waals surface area contributed by atoms with Gasteiger partial charge in [-0.2, -0.15) is 0 Å². The van der Waals surface area contributed by atoms with E-state index in [0.29, 0.717) is 11.4 Å². The number of halogens is 1. The standard InChI is InChI=1S/C18H20FN3O4S/c1-13(23)21-16-7-9-17(10-8-16)22(27(2,25)26)12-11-20-18(24)14-3-5-15(19)6-4-14/h3-10H,11-12H2,1-2H3,(H,20,24)(H,21,23). The SMILES string of the molecule is CC(=O)Nc1ccc(N(CCNC(=O)c2ccc(F)cc2)S(C)(=O)=O)cc1. The number of anilines is 2. The molecule has 7 nitrogen and oxygen atoms in total. The van der Waals surface area contributed by atoms with E-state index in [4.69, 9.17) is 0 Å². The molecule has 0 aliphatic heterocycles. The van der Waals surface area contributed by atoms with Crippen LogP contribution in [0.1, 0.15) is 17.3 Å². The number of rotatable bonds is 7. The third-order valence-electron chi connectivity index (χ3n) is 3.58. The first kappa shape index (κ1) is 20.4. The molecule has 0 fully saturated rings. The molecule has 9 heteroatoms. The summed E-state index contributed by atoms with van der Waals surface area (Å²) in [7, 11) is -3.58. The number of benzene rings is 2. The topological polar surface area (TPSA) is 95.6 Å². The van der Waals surface area contributed by atoms with Crippen LogP contribution in [0, 0.1) is 5.82 Å². The molecule has 0 unspecified atom stereocenters. The molecule has 0 radical (unpaired) electrons. The Morgan fingerprint density at radius 2 is 1.63 bits per heavy atom. The van der Waals surface area contributed by atoms with Gasteiger partial charge >= 0.3 is 0 Å². The van der Waals surface area contributed by atoms with Crippen molar-refractivity contribution in [2.24, 2.45) is 0 Å². The van der Waals surface area contributed by atoms with Crippen molar-refractivity contribution in [1.82, 2.24) is 5.32 Å². The fourth-order valence-electron chi connectivity index (χ4n) is 2.37. The number of carbonyl (C=O) groups excluding carboxylic acids is 2. The molecule has 0 aliphatic carbocycles. The van der Waals surface area contributed by atoms with Gasteiger partial charge in [-0.05, 0) is 48.5 Å². The van der Waals surface area contributed by atoms with E-state index < -0.39 is 21.7 Å². The van der Waals surface area contributed by atoms with Gasteiger partial charge in [0.2, 0.25) is 15.9 Å². The molecule has 2 aromatic carbocycles. The van der Waals surface area contributed by atoms with Gasteiger partial charge < -0.3 is 10.6 Å². The van der Waals surface area contributed by atoms with Crippen molar-refractivity contribution >= 4 is 33.2 Å². The van der Waals surface area contributed by atoms with E-state index in [2.05, 4.69) is 10.6 Å². The van der Waals surface area contributed by atoms with Gasteiger partial charge in [-0.15, -0.1) is 0 Å². The minimum atomic E-state index is -3.58. The monoisotopic (exact) mass is 393 g/mol. The molecule has 27 heavy (non-hydrogen) atoms. The molecule has 0 aliphatic rings.